The highest BCUT2D eigenvalue weighted by atomic mass is 16.7. The summed E-state index contributed by atoms with van der Waals surface area (Å²) in [7, 11) is 0. The first-order valence-corrected chi connectivity index (χ1v) is 5.64. The zero-order valence-corrected chi connectivity index (χ0v) is 9.50. The Kier molecular flexibility index (Phi) is 3.61. The van der Waals surface area contributed by atoms with Crippen LogP contribution in [0.4, 0.5) is 0 Å². The monoisotopic (exact) mass is 236 g/mol. The van der Waals surface area contributed by atoms with Crippen LogP contribution >= 0.6 is 0 Å². The number of phenolic OH excluding ortho intramolecular Hbond substituents is 1. The molecule has 0 aliphatic carbocycles. The Balaban J connectivity index is 1.93. The lowest BCUT2D eigenvalue weighted by molar-refractivity contribution is -0.170. The fraction of sp³-hybridized carbons (Fsp3) is 0.417. The first-order chi connectivity index (χ1) is 8.16. The SMILES string of the molecule is N[C@H](Cc1ccc(O)cc1)C(=O)N1CCCO1. The number of nitrogens with zero attached hydrogens (tertiary/aromatic N) is 1. The summed E-state index contributed by atoms with van der Waals surface area (Å²) in [6, 6.07) is 6.08. The van der Waals surface area contributed by atoms with Gasteiger partial charge in [-0.1, -0.05) is 12.1 Å². The number of phenols is 1. The fourth-order valence-electron chi connectivity index (χ4n) is 1.78. The molecule has 0 unspecified atom stereocenters. The Hall–Kier alpha value is -1.59. The van der Waals surface area contributed by atoms with E-state index in [-0.39, 0.29) is 11.7 Å². The first kappa shape index (κ1) is 11.9. The van der Waals surface area contributed by atoms with Gasteiger partial charge in [0.15, 0.2) is 0 Å². The molecule has 0 bridgehead atoms. The topological polar surface area (TPSA) is 75.8 Å². The average Bonchev–Trinajstić information content (AvgIpc) is 2.84. The van der Waals surface area contributed by atoms with Crippen molar-refractivity contribution in [1.82, 2.24) is 5.06 Å². The third-order valence-corrected chi connectivity index (χ3v) is 2.71. The maximum Gasteiger partial charge on any atom is 0.263 e. The largest absolute Gasteiger partial charge is 0.508 e. The first-order valence-electron chi connectivity index (χ1n) is 5.64. The predicted molar refractivity (Wildman–Crippen MR) is 62.1 cm³/mol. The number of amides is 1. The molecule has 1 aliphatic rings. The summed E-state index contributed by atoms with van der Waals surface area (Å²) in [5.74, 6) is 0.0205. The molecule has 1 amide bonds. The number of hydrogen-bond donors (Lipinski definition) is 2. The molecule has 0 radical (unpaired) electrons. The van der Waals surface area contributed by atoms with Gasteiger partial charge in [0.25, 0.3) is 5.91 Å². The van der Waals surface area contributed by atoms with Gasteiger partial charge in [-0.3, -0.25) is 9.63 Å². The van der Waals surface area contributed by atoms with E-state index in [0.29, 0.717) is 19.6 Å². The van der Waals surface area contributed by atoms with Crippen LogP contribution in [0.15, 0.2) is 24.3 Å². The van der Waals surface area contributed by atoms with Gasteiger partial charge >= 0.3 is 0 Å². The minimum atomic E-state index is -0.599. The van der Waals surface area contributed by atoms with Gasteiger partial charge < -0.3 is 10.8 Å². The van der Waals surface area contributed by atoms with E-state index in [0.717, 1.165) is 12.0 Å². The fourth-order valence-corrected chi connectivity index (χ4v) is 1.78. The van der Waals surface area contributed by atoms with Crippen molar-refractivity contribution in [2.24, 2.45) is 5.73 Å². The normalized spacial score (nSPS) is 17.1. The molecule has 1 aromatic carbocycles. The van der Waals surface area contributed by atoms with Crippen LogP contribution in [0, 0.1) is 0 Å². The van der Waals surface area contributed by atoms with Crippen molar-refractivity contribution in [1.29, 1.82) is 0 Å². The van der Waals surface area contributed by atoms with Crippen LogP contribution in [0.25, 0.3) is 0 Å². The number of rotatable bonds is 3. The Labute approximate surface area is 99.7 Å². The smallest absolute Gasteiger partial charge is 0.263 e. The summed E-state index contributed by atoms with van der Waals surface area (Å²) in [5, 5.41) is 10.5. The molecule has 1 saturated heterocycles. The Morgan fingerprint density at radius 3 is 2.76 bits per heavy atom. The van der Waals surface area contributed by atoms with E-state index in [1.165, 1.54) is 5.06 Å². The highest BCUT2D eigenvalue weighted by molar-refractivity contribution is 5.81. The van der Waals surface area contributed by atoms with Gasteiger partial charge in [0.1, 0.15) is 5.75 Å². The zero-order valence-electron chi connectivity index (χ0n) is 9.50. The Bertz CT molecular complexity index is 385. The zero-order chi connectivity index (χ0) is 12.3. The van der Waals surface area contributed by atoms with Crippen LogP contribution in [-0.4, -0.2) is 35.3 Å². The molecule has 1 heterocycles. The van der Waals surface area contributed by atoms with Gasteiger partial charge in [0.05, 0.1) is 19.2 Å². The maximum atomic E-state index is 11.8. The van der Waals surface area contributed by atoms with Gasteiger partial charge in [0.2, 0.25) is 0 Å². The second-order valence-corrected chi connectivity index (χ2v) is 4.10. The molecule has 5 nitrogen and oxygen atoms in total. The number of hydrogen-bond acceptors (Lipinski definition) is 4. The third kappa shape index (κ3) is 2.95. The standard InChI is InChI=1S/C12H16N2O3/c13-11(12(16)14-6-1-7-17-14)8-9-2-4-10(15)5-3-9/h2-5,11,15H,1,6-8,13H2/t11-/m1/s1. The van der Waals surface area contributed by atoms with Crippen LogP contribution in [-0.2, 0) is 16.1 Å². The lowest BCUT2D eigenvalue weighted by Crippen LogP contribution is -2.43. The number of nitrogens with two attached hydrogens (primary N) is 1. The molecular formula is C12H16N2O3. The second-order valence-electron chi connectivity index (χ2n) is 4.10. The number of carbonyl (C=O) groups excluding carboxylic acids is 1. The van der Waals surface area contributed by atoms with Crippen molar-refractivity contribution in [3.05, 3.63) is 29.8 Å². The minimum absolute atomic E-state index is 0.185. The number of hydroxylamine groups is 2. The number of aromatic hydroxyl groups is 1. The van der Waals surface area contributed by atoms with E-state index < -0.39 is 6.04 Å². The van der Waals surface area contributed by atoms with Gasteiger partial charge in [-0.25, -0.2) is 5.06 Å². The van der Waals surface area contributed by atoms with Crippen molar-refractivity contribution in [2.75, 3.05) is 13.2 Å². The molecule has 0 spiro atoms. The van der Waals surface area contributed by atoms with Gasteiger partial charge in [0, 0.05) is 0 Å². The molecule has 1 aliphatic heterocycles. The maximum absolute atomic E-state index is 11.8. The van der Waals surface area contributed by atoms with E-state index in [1.807, 2.05) is 0 Å². The van der Waals surface area contributed by atoms with E-state index in [9.17, 15) is 4.79 Å². The molecular weight excluding hydrogens is 220 g/mol. The molecule has 3 N–H and O–H groups in total. The van der Waals surface area contributed by atoms with E-state index >= 15 is 0 Å². The summed E-state index contributed by atoms with van der Waals surface area (Å²) in [6.45, 7) is 1.19. The third-order valence-electron chi connectivity index (χ3n) is 2.71. The highest BCUT2D eigenvalue weighted by Gasteiger charge is 2.24. The molecule has 17 heavy (non-hydrogen) atoms. The van der Waals surface area contributed by atoms with Crippen LogP contribution < -0.4 is 5.73 Å². The highest BCUT2D eigenvalue weighted by Crippen LogP contribution is 2.12. The minimum Gasteiger partial charge on any atom is -0.508 e. The summed E-state index contributed by atoms with van der Waals surface area (Å²) < 4.78 is 0. The van der Waals surface area contributed by atoms with Crippen LogP contribution in [0.1, 0.15) is 12.0 Å². The lowest BCUT2D eigenvalue weighted by atomic mass is 10.1. The van der Waals surface area contributed by atoms with Crippen molar-refractivity contribution >= 4 is 5.91 Å². The summed E-state index contributed by atoms with van der Waals surface area (Å²) >= 11 is 0. The van der Waals surface area contributed by atoms with E-state index in [1.54, 1.807) is 24.3 Å². The molecule has 5 heteroatoms. The van der Waals surface area contributed by atoms with E-state index in [4.69, 9.17) is 15.7 Å². The van der Waals surface area contributed by atoms with Gasteiger partial charge in [-0.05, 0) is 30.5 Å². The molecule has 0 aromatic heterocycles. The molecule has 0 saturated carbocycles. The van der Waals surface area contributed by atoms with Crippen molar-refractivity contribution in [3.63, 3.8) is 0 Å². The van der Waals surface area contributed by atoms with Crippen LogP contribution in [0.3, 0.4) is 0 Å². The number of carbonyl (C=O) groups is 1. The molecule has 92 valence electrons. The second kappa shape index (κ2) is 5.16. The molecule has 1 fully saturated rings. The summed E-state index contributed by atoms with van der Waals surface area (Å²) in [5.41, 5.74) is 6.75. The molecule has 2 rings (SSSR count). The molecule has 1 aromatic rings. The van der Waals surface area contributed by atoms with E-state index in [2.05, 4.69) is 0 Å². The Morgan fingerprint density at radius 2 is 2.18 bits per heavy atom. The summed E-state index contributed by atoms with van der Waals surface area (Å²) in [4.78, 5) is 17.0. The molecule has 1 atom stereocenters. The quantitative estimate of drug-likeness (QED) is 0.797. The summed E-state index contributed by atoms with van der Waals surface area (Å²) in [6.07, 6.45) is 1.30. The lowest BCUT2D eigenvalue weighted by Gasteiger charge is -2.18. The van der Waals surface area contributed by atoms with Crippen molar-refractivity contribution in [3.8, 4) is 5.75 Å². The van der Waals surface area contributed by atoms with Gasteiger partial charge in [-0.2, -0.15) is 0 Å². The predicted octanol–water partition coefficient (Wildman–Crippen LogP) is 0.426. The van der Waals surface area contributed by atoms with Crippen LogP contribution in [0.5, 0.6) is 5.75 Å². The van der Waals surface area contributed by atoms with Crippen molar-refractivity contribution < 1.29 is 14.7 Å². The Morgan fingerprint density at radius 1 is 1.47 bits per heavy atom. The van der Waals surface area contributed by atoms with Gasteiger partial charge in [-0.15, -0.1) is 0 Å². The van der Waals surface area contributed by atoms with Crippen molar-refractivity contribution in [2.45, 2.75) is 18.9 Å². The number of benzene rings is 1. The van der Waals surface area contributed by atoms with Crippen LogP contribution in [0.2, 0.25) is 0 Å². The average molecular weight is 236 g/mol.